The summed E-state index contributed by atoms with van der Waals surface area (Å²) < 4.78 is 6.19. The highest BCUT2D eigenvalue weighted by Crippen LogP contribution is 2.41. The van der Waals surface area contributed by atoms with Crippen LogP contribution in [-0.2, 0) is 11.3 Å². The van der Waals surface area contributed by atoms with Crippen LogP contribution in [0.15, 0.2) is 18.5 Å². The van der Waals surface area contributed by atoms with Gasteiger partial charge in [-0.2, -0.15) is 0 Å². The number of pyridine rings is 1. The van der Waals surface area contributed by atoms with Gasteiger partial charge in [0.05, 0.1) is 12.2 Å². The van der Waals surface area contributed by atoms with Crippen LogP contribution in [0.3, 0.4) is 0 Å². The van der Waals surface area contributed by atoms with Crippen molar-refractivity contribution in [3.8, 4) is 0 Å². The van der Waals surface area contributed by atoms with E-state index in [9.17, 15) is 0 Å². The Kier molecular flexibility index (Phi) is 4.26. The van der Waals surface area contributed by atoms with Crippen molar-refractivity contribution in [2.45, 2.75) is 58.7 Å². The number of ether oxygens (including phenoxy) is 1. The predicted molar refractivity (Wildman–Crippen MR) is 77.8 cm³/mol. The quantitative estimate of drug-likeness (QED) is 0.906. The molecule has 0 unspecified atom stereocenters. The number of rotatable bonds is 4. The number of aryl methyl sites for hydroxylation is 1. The van der Waals surface area contributed by atoms with Gasteiger partial charge in [0, 0.05) is 18.9 Å². The predicted octanol–water partition coefficient (Wildman–Crippen LogP) is 3.20. The third kappa shape index (κ3) is 3.77. The summed E-state index contributed by atoms with van der Waals surface area (Å²) in [7, 11) is 0. The first-order chi connectivity index (χ1) is 8.95. The molecule has 0 saturated heterocycles. The minimum absolute atomic E-state index is 0.126. The molecule has 106 valence electrons. The van der Waals surface area contributed by atoms with E-state index in [1.165, 1.54) is 18.4 Å². The molecule has 2 rings (SSSR count). The van der Waals surface area contributed by atoms with Crippen molar-refractivity contribution in [2.75, 3.05) is 6.54 Å². The highest BCUT2D eigenvalue weighted by molar-refractivity contribution is 5.15. The second-order valence-corrected chi connectivity index (χ2v) is 6.71. The van der Waals surface area contributed by atoms with Crippen LogP contribution in [-0.4, -0.2) is 17.1 Å². The molecule has 0 aliphatic heterocycles. The maximum Gasteiger partial charge on any atom is 0.0809 e. The summed E-state index contributed by atoms with van der Waals surface area (Å²) in [5, 5.41) is 0. The molecule has 2 N–H and O–H groups in total. The zero-order valence-corrected chi connectivity index (χ0v) is 12.4. The fourth-order valence-electron chi connectivity index (χ4n) is 2.72. The molecule has 1 aliphatic rings. The van der Waals surface area contributed by atoms with Gasteiger partial charge in [0.15, 0.2) is 0 Å². The molecular weight excluding hydrogens is 236 g/mol. The number of hydrogen-bond donors (Lipinski definition) is 1. The number of nitrogens with zero attached hydrogens (tertiary/aromatic N) is 1. The Morgan fingerprint density at radius 1 is 1.21 bits per heavy atom. The van der Waals surface area contributed by atoms with Crippen molar-refractivity contribution in [1.29, 1.82) is 0 Å². The van der Waals surface area contributed by atoms with Gasteiger partial charge >= 0.3 is 0 Å². The average Bonchev–Trinajstić information content (AvgIpc) is 2.39. The van der Waals surface area contributed by atoms with E-state index in [-0.39, 0.29) is 5.60 Å². The van der Waals surface area contributed by atoms with E-state index in [0.717, 1.165) is 18.4 Å². The first-order valence-electron chi connectivity index (χ1n) is 7.19. The highest BCUT2D eigenvalue weighted by Gasteiger charge is 2.38. The molecule has 0 amide bonds. The van der Waals surface area contributed by atoms with E-state index in [1.54, 1.807) is 0 Å². The minimum Gasteiger partial charge on any atom is -0.369 e. The Hall–Kier alpha value is -0.930. The minimum atomic E-state index is -0.126. The molecule has 0 radical (unpaired) electrons. The van der Waals surface area contributed by atoms with Gasteiger partial charge < -0.3 is 10.5 Å². The molecule has 1 aliphatic carbocycles. The zero-order valence-electron chi connectivity index (χ0n) is 12.4. The van der Waals surface area contributed by atoms with Crippen molar-refractivity contribution in [2.24, 2.45) is 11.1 Å². The third-order valence-electron chi connectivity index (χ3n) is 4.36. The normalized spacial score (nSPS) is 21.3. The highest BCUT2D eigenvalue weighted by atomic mass is 16.5. The summed E-state index contributed by atoms with van der Waals surface area (Å²) in [6.45, 7) is 7.95. The van der Waals surface area contributed by atoms with Crippen molar-refractivity contribution < 1.29 is 4.74 Å². The molecule has 3 heteroatoms. The Labute approximate surface area is 116 Å². The molecule has 1 aromatic rings. The molecule has 19 heavy (non-hydrogen) atoms. The molecule has 1 heterocycles. The molecule has 0 atom stereocenters. The summed E-state index contributed by atoms with van der Waals surface area (Å²) in [5.41, 5.74) is 8.60. The van der Waals surface area contributed by atoms with Gasteiger partial charge in [-0.25, -0.2) is 0 Å². The van der Waals surface area contributed by atoms with E-state index in [4.69, 9.17) is 10.5 Å². The second kappa shape index (κ2) is 5.59. The molecule has 0 bridgehead atoms. The molecule has 0 aromatic carbocycles. The SMILES string of the molecule is Cc1cncc(COC2(CN)CCC(C)(C)CC2)c1. The van der Waals surface area contributed by atoms with Crippen LogP contribution < -0.4 is 5.73 Å². The molecule has 3 nitrogen and oxygen atoms in total. The van der Waals surface area contributed by atoms with E-state index >= 15 is 0 Å². The first-order valence-corrected chi connectivity index (χ1v) is 7.19. The molecule has 0 spiro atoms. The number of aromatic nitrogens is 1. The Balaban J connectivity index is 1.96. The van der Waals surface area contributed by atoms with Crippen molar-refractivity contribution in [3.05, 3.63) is 29.6 Å². The van der Waals surface area contributed by atoms with E-state index in [2.05, 4.69) is 31.8 Å². The summed E-state index contributed by atoms with van der Waals surface area (Å²) in [6.07, 6.45) is 8.26. The van der Waals surface area contributed by atoms with E-state index in [0.29, 0.717) is 18.6 Å². The van der Waals surface area contributed by atoms with Gasteiger partial charge in [-0.05, 0) is 49.1 Å². The maximum absolute atomic E-state index is 6.19. The fraction of sp³-hybridized carbons (Fsp3) is 0.688. The summed E-state index contributed by atoms with van der Waals surface area (Å²) in [5.74, 6) is 0. The van der Waals surface area contributed by atoms with Gasteiger partial charge in [0.2, 0.25) is 0 Å². The molecule has 1 aromatic heterocycles. The lowest BCUT2D eigenvalue weighted by molar-refractivity contribution is -0.0904. The largest absolute Gasteiger partial charge is 0.369 e. The lowest BCUT2D eigenvalue weighted by Gasteiger charge is -2.42. The van der Waals surface area contributed by atoms with Gasteiger partial charge in [-0.3, -0.25) is 4.98 Å². The second-order valence-electron chi connectivity index (χ2n) is 6.71. The van der Waals surface area contributed by atoms with Crippen LogP contribution in [0.2, 0.25) is 0 Å². The third-order valence-corrected chi connectivity index (χ3v) is 4.36. The van der Waals surface area contributed by atoms with Crippen LogP contribution in [0, 0.1) is 12.3 Å². The fourth-order valence-corrected chi connectivity index (χ4v) is 2.72. The van der Waals surface area contributed by atoms with Gasteiger partial charge in [0.1, 0.15) is 0 Å². The average molecular weight is 262 g/mol. The summed E-state index contributed by atoms with van der Waals surface area (Å²) in [6, 6.07) is 2.13. The van der Waals surface area contributed by atoms with Crippen LogP contribution >= 0.6 is 0 Å². The van der Waals surface area contributed by atoms with Gasteiger partial charge in [0.25, 0.3) is 0 Å². The van der Waals surface area contributed by atoms with Crippen LogP contribution in [0.5, 0.6) is 0 Å². The van der Waals surface area contributed by atoms with Gasteiger partial charge in [-0.15, -0.1) is 0 Å². The van der Waals surface area contributed by atoms with E-state index < -0.39 is 0 Å². The first kappa shape index (κ1) is 14.5. The van der Waals surface area contributed by atoms with Gasteiger partial charge in [-0.1, -0.05) is 19.9 Å². The smallest absolute Gasteiger partial charge is 0.0809 e. The lowest BCUT2D eigenvalue weighted by atomic mass is 9.71. The Morgan fingerprint density at radius 3 is 2.47 bits per heavy atom. The van der Waals surface area contributed by atoms with Crippen molar-refractivity contribution >= 4 is 0 Å². The van der Waals surface area contributed by atoms with E-state index in [1.807, 2.05) is 12.4 Å². The molecular formula is C16H26N2O. The van der Waals surface area contributed by atoms with Crippen molar-refractivity contribution in [3.63, 3.8) is 0 Å². The maximum atomic E-state index is 6.19. The Morgan fingerprint density at radius 2 is 1.89 bits per heavy atom. The van der Waals surface area contributed by atoms with Crippen molar-refractivity contribution in [1.82, 2.24) is 4.98 Å². The zero-order chi connectivity index (χ0) is 13.9. The van der Waals surface area contributed by atoms with Crippen LogP contribution in [0.25, 0.3) is 0 Å². The standard InChI is InChI=1S/C16H26N2O/c1-13-8-14(10-18-9-13)11-19-16(12-17)6-4-15(2,3)5-7-16/h8-10H,4-7,11-12,17H2,1-3H3. The lowest BCUT2D eigenvalue weighted by Crippen LogP contribution is -2.45. The summed E-state index contributed by atoms with van der Waals surface area (Å²) >= 11 is 0. The molecule has 1 saturated carbocycles. The topological polar surface area (TPSA) is 48.1 Å². The monoisotopic (exact) mass is 262 g/mol. The van der Waals surface area contributed by atoms with Crippen LogP contribution in [0.1, 0.15) is 50.7 Å². The summed E-state index contributed by atoms with van der Waals surface area (Å²) in [4.78, 5) is 4.21. The van der Waals surface area contributed by atoms with Crippen LogP contribution in [0.4, 0.5) is 0 Å². The Bertz CT molecular complexity index is 419. The number of nitrogens with two attached hydrogens (primary N) is 1. The number of hydrogen-bond acceptors (Lipinski definition) is 3. The molecule has 1 fully saturated rings.